The van der Waals surface area contributed by atoms with Gasteiger partial charge in [0.25, 0.3) is 0 Å². The predicted octanol–water partition coefficient (Wildman–Crippen LogP) is 1.15. The SMILES string of the molecule is CN[C@@H](C)C(=O)N[C@H](C(=O)N1C[C@H]2CC(=O)CN2C[C@H]1C(=O)N[C@@H]1CCOc2ccccc21)C1CCCCC1. The number of benzene rings is 1. The Labute approximate surface area is 230 Å². The fraction of sp³-hybridized carbons (Fsp3) is 0.655. The molecule has 0 aromatic heterocycles. The van der Waals surface area contributed by atoms with E-state index < -0.39 is 18.1 Å². The summed E-state index contributed by atoms with van der Waals surface area (Å²) in [5.41, 5.74) is 0.924. The molecule has 212 valence electrons. The first kappa shape index (κ1) is 27.6. The van der Waals surface area contributed by atoms with Crippen molar-refractivity contribution in [3.05, 3.63) is 29.8 Å². The number of hydrogen-bond acceptors (Lipinski definition) is 7. The van der Waals surface area contributed by atoms with Crippen LogP contribution in [0.3, 0.4) is 0 Å². The molecule has 3 N–H and O–H groups in total. The van der Waals surface area contributed by atoms with Gasteiger partial charge in [0, 0.05) is 37.5 Å². The van der Waals surface area contributed by atoms with E-state index in [1.807, 2.05) is 29.2 Å². The van der Waals surface area contributed by atoms with Crippen LogP contribution in [0.1, 0.15) is 63.5 Å². The van der Waals surface area contributed by atoms with Gasteiger partial charge in [0.1, 0.15) is 23.6 Å². The summed E-state index contributed by atoms with van der Waals surface area (Å²) >= 11 is 0. The van der Waals surface area contributed by atoms with Gasteiger partial charge in [-0.2, -0.15) is 0 Å². The summed E-state index contributed by atoms with van der Waals surface area (Å²) in [5, 5.41) is 9.17. The number of carbonyl (C=O) groups is 4. The van der Waals surface area contributed by atoms with Crippen molar-refractivity contribution in [2.45, 2.75) is 82.1 Å². The van der Waals surface area contributed by atoms with Crippen molar-refractivity contribution in [3.63, 3.8) is 0 Å². The third kappa shape index (κ3) is 5.96. The molecule has 0 radical (unpaired) electrons. The van der Waals surface area contributed by atoms with Crippen LogP contribution in [0, 0.1) is 5.92 Å². The van der Waals surface area contributed by atoms with Crippen molar-refractivity contribution in [1.82, 2.24) is 25.8 Å². The van der Waals surface area contributed by atoms with E-state index in [0.29, 0.717) is 39.1 Å². The molecule has 39 heavy (non-hydrogen) atoms. The Hall–Kier alpha value is -2.98. The van der Waals surface area contributed by atoms with Gasteiger partial charge in [0.2, 0.25) is 17.7 Å². The lowest BCUT2D eigenvalue weighted by Crippen LogP contribution is -2.66. The quantitative estimate of drug-likeness (QED) is 0.476. The van der Waals surface area contributed by atoms with Crippen LogP contribution in [0.4, 0.5) is 0 Å². The topological polar surface area (TPSA) is 120 Å². The average molecular weight is 540 g/mol. The Morgan fingerprint density at radius 3 is 2.59 bits per heavy atom. The molecule has 3 heterocycles. The van der Waals surface area contributed by atoms with Crippen LogP contribution in [0.25, 0.3) is 0 Å². The Morgan fingerprint density at radius 2 is 1.82 bits per heavy atom. The maximum atomic E-state index is 14.3. The first-order valence-corrected chi connectivity index (χ1v) is 14.4. The van der Waals surface area contributed by atoms with Crippen LogP contribution in [-0.2, 0) is 19.2 Å². The molecule has 10 nitrogen and oxygen atoms in total. The average Bonchev–Trinajstić information content (AvgIpc) is 3.33. The molecule has 1 saturated carbocycles. The van der Waals surface area contributed by atoms with Crippen molar-refractivity contribution in [1.29, 1.82) is 0 Å². The first-order valence-electron chi connectivity index (χ1n) is 14.4. The zero-order chi connectivity index (χ0) is 27.5. The molecule has 4 aliphatic rings. The van der Waals surface area contributed by atoms with Gasteiger partial charge in [-0.15, -0.1) is 0 Å². The van der Waals surface area contributed by atoms with Crippen molar-refractivity contribution < 1.29 is 23.9 Å². The number of piperazine rings is 1. The second kappa shape index (κ2) is 12.0. The summed E-state index contributed by atoms with van der Waals surface area (Å²) in [7, 11) is 1.72. The van der Waals surface area contributed by atoms with Gasteiger partial charge in [-0.1, -0.05) is 37.5 Å². The highest BCUT2D eigenvalue weighted by atomic mass is 16.5. The Balaban J connectivity index is 1.40. The number of Topliss-reactive ketones (excluding diaryl/α,β-unsaturated/α-hetero) is 1. The monoisotopic (exact) mass is 539 g/mol. The van der Waals surface area contributed by atoms with E-state index in [4.69, 9.17) is 4.74 Å². The van der Waals surface area contributed by atoms with Crippen LogP contribution in [0.15, 0.2) is 24.3 Å². The predicted molar refractivity (Wildman–Crippen MR) is 145 cm³/mol. The van der Waals surface area contributed by atoms with Crippen LogP contribution in [0.5, 0.6) is 5.75 Å². The number of fused-ring (bicyclic) bond motifs is 2. The standard InChI is InChI=1S/C29H41N5O5/c1-18(30-2)27(36)32-26(19-8-4-3-5-9-19)29(38)34-15-20-14-21(35)16-33(20)17-24(34)28(37)31-23-12-13-39-25-11-7-6-10-22(23)25/h6-7,10-11,18-20,23-24,26,30H,3-5,8-9,12-17H2,1-2H3,(H,31,37)(H,32,36)/t18-,20+,23+,24-,26-/m0/s1. The molecule has 3 amide bonds. The summed E-state index contributed by atoms with van der Waals surface area (Å²) in [5.74, 6) is 0.232. The maximum absolute atomic E-state index is 14.3. The highest BCUT2D eigenvalue weighted by Gasteiger charge is 2.47. The van der Waals surface area contributed by atoms with Crippen molar-refractivity contribution in [2.75, 3.05) is 33.3 Å². The van der Waals surface area contributed by atoms with Gasteiger partial charge in [0.15, 0.2) is 0 Å². The minimum Gasteiger partial charge on any atom is -0.493 e. The number of carbonyl (C=O) groups excluding carboxylic acids is 4. The van der Waals surface area contributed by atoms with Gasteiger partial charge in [0.05, 0.1) is 25.2 Å². The van der Waals surface area contributed by atoms with E-state index in [-0.39, 0.29) is 41.5 Å². The number of nitrogens with zero attached hydrogens (tertiary/aromatic N) is 2. The highest BCUT2D eigenvalue weighted by Crippen LogP contribution is 2.33. The Bertz CT molecular complexity index is 1090. The fourth-order valence-electron chi connectivity index (χ4n) is 6.55. The zero-order valence-corrected chi connectivity index (χ0v) is 23.0. The summed E-state index contributed by atoms with van der Waals surface area (Å²) in [6.07, 6.45) is 5.90. The lowest BCUT2D eigenvalue weighted by Gasteiger charge is -2.45. The number of para-hydroxylation sites is 1. The van der Waals surface area contributed by atoms with Gasteiger partial charge in [-0.05, 0) is 38.8 Å². The summed E-state index contributed by atoms with van der Waals surface area (Å²) in [6, 6.07) is 5.47. The highest BCUT2D eigenvalue weighted by molar-refractivity contribution is 5.94. The van der Waals surface area contributed by atoms with E-state index in [0.717, 1.165) is 43.4 Å². The van der Waals surface area contributed by atoms with E-state index in [9.17, 15) is 19.2 Å². The number of hydrogen-bond donors (Lipinski definition) is 3. The van der Waals surface area contributed by atoms with E-state index >= 15 is 0 Å². The van der Waals surface area contributed by atoms with Crippen molar-refractivity contribution >= 4 is 23.5 Å². The zero-order valence-electron chi connectivity index (χ0n) is 23.0. The van der Waals surface area contributed by atoms with Crippen LogP contribution >= 0.6 is 0 Å². The van der Waals surface area contributed by atoms with E-state index in [1.165, 1.54) is 0 Å². The molecular weight excluding hydrogens is 498 g/mol. The molecule has 0 unspecified atom stereocenters. The fourth-order valence-corrected chi connectivity index (χ4v) is 6.55. The normalized spacial score (nSPS) is 27.1. The van der Waals surface area contributed by atoms with Crippen LogP contribution in [-0.4, -0.2) is 90.8 Å². The van der Waals surface area contributed by atoms with E-state index in [2.05, 4.69) is 16.0 Å². The Morgan fingerprint density at radius 1 is 1.05 bits per heavy atom. The van der Waals surface area contributed by atoms with E-state index in [1.54, 1.807) is 18.9 Å². The van der Waals surface area contributed by atoms with Crippen LogP contribution in [0.2, 0.25) is 0 Å². The third-order valence-corrected chi connectivity index (χ3v) is 8.92. The number of ketones is 1. The summed E-state index contributed by atoms with van der Waals surface area (Å²) in [4.78, 5) is 57.2. The molecule has 10 heteroatoms. The number of likely N-dealkylation sites (N-methyl/N-ethyl adjacent to an activating group) is 1. The molecule has 0 bridgehead atoms. The number of nitrogens with one attached hydrogen (secondary N) is 3. The van der Waals surface area contributed by atoms with Gasteiger partial charge in [-0.3, -0.25) is 24.1 Å². The minimum atomic E-state index is -0.751. The molecular formula is C29H41N5O5. The lowest BCUT2D eigenvalue weighted by molar-refractivity contribution is -0.149. The number of ether oxygens (including phenoxy) is 1. The molecule has 1 aliphatic carbocycles. The summed E-state index contributed by atoms with van der Waals surface area (Å²) < 4.78 is 5.77. The van der Waals surface area contributed by atoms with Crippen molar-refractivity contribution in [2.24, 2.45) is 5.92 Å². The first-order chi connectivity index (χ1) is 18.9. The molecule has 5 rings (SSSR count). The molecule has 3 fully saturated rings. The molecule has 5 atom stereocenters. The molecule has 0 spiro atoms. The molecule has 1 aromatic carbocycles. The minimum absolute atomic E-state index is 0.0218. The molecule has 3 aliphatic heterocycles. The van der Waals surface area contributed by atoms with Gasteiger partial charge < -0.3 is 25.6 Å². The number of amides is 3. The molecule has 2 saturated heterocycles. The summed E-state index contributed by atoms with van der Waals surface area (Å²) in [6.45, 7) is 3.17. The smallest absolute Gasteiger partial charge is 0.246 e. The number of rotatable bonds is 7. The third-order valence-electron chi connectivity index (χ3n) is 8.92. The maximum Gasteiger partial charge on any atom is 0.246 e. The molecule has 1 aromatic rings. The van der Waals surface area contributed by atoms with Gasteiger partial charge in [-0.25, -0.2) is 0 Å². The largest absolute Gasteiger partial charge is 0.493 e. The van der Waals surface area contributed by atoms with Crippen LogP contribution < -0.4 is 20.7 Å². The Kier molecular flexibility index (Phi) is 8.52. The van der Waals surface area contributed by atoms with Crippen molar-refractivity contribution in [3.8, 4) is 5.75 Å². The lowest BCUT2D eigenvalue weighted by atomic mass is 9.82. The second-order valence-corrected chi connectivity index (χ2v) is 11.5. The van der Waals surface area contributed by atoms with Gasteiger partial charge >= 0.3 is 0 Å². The second-order valence-electron chi connectivity index (χ2n) is 11.5.